The van der Waals surface area contributed by atoms with E-state index < -0.39 is 0 Å². The molecule has 0 heterocycles. The standard InChI is InChI=1S/C23H31ClN4O2/c1-6-13-28(23(30)25-16(2)3)15-17-14-18(11-12-21(17)27(4)5)26-22(29)19-9-7-8-10-20(19)24/h7-12,14,16H,6,13,15H2,1-5H3,(H,25,30)(H,26,29). The maximum atomic E-state index is 12.6. The van der Waals surface area contributed by atoms with Crippen LogP contribution < -0.4 is 15.5 Å². The minimum atomic E-state index is -0.271. The van der Waals surface area contributed by atoms with Crippen LogP contribution in [0.3, 0.4) is 0 Å². The molecule has 2 N–H and O–H groups in total. The molecule has 2 aromatic rings. The molecular weight excluding hydrogens is 400 g/mol. The van der Waals surface area contributed by atoms with E-state index in [1.54, 1.807) is 29.2 Å². The Balaban J connectivity index is 2.29. The lowest BCUT2D eigenvalue weighted by Gasteiger charge is -2.27. The van der Waals surface area contributed by atoms with Crippen LogP contribution in [0.4, 0.5) is 16.2 Å². The number of carbonyl (C=O) groups is 2. The molecule has 2 aromatic carbocycles. The Morgan fingerprint density at radius 2 is 1.80 bits per heavy atom. The van der Waals surface area contributed by atoms with Gasteiger partial charge in [-0.05, 0) is 56.2 Å². The monoisotopic (exact) mass is 430 g/mol. The molecule has 3 amide bonds. The molecule has 6 nitrogen and oxygen atoms in total. The van der Waals surface area contributed by atoms with Gasteiger partial charge < -0.3 is 20.4 Å². The molecule has 0 aromatic heterocycles. The first-order chi connectivity index (χ1) is 14.2. The van der Waals surface area contributed by atoms with Gasteiger partial charge in [0, 0.05) is 44.6 Å². The molecule has 0 aliphatic carbocycles. The zero-order valence-corrected chi connectivity index (χ0v) is 19.1. The Morgan fingerprint density at radius 1 is 1.10 bits per heavy atom. The smallest absolute Gasteiger partial charge is 0.317 e. The van der Waals surface area contributed by atoms with E-state index in [0.717, 1.165) is 17.7 Å². The molecule has 0 saturated carbocycles. The minimum Gasteiger partial charge on any atom is -0.377 e. The van der Waals surface area contributed by atoms with Crippen molar-refractivity contribution in [3.63, 3.8) is 0 Å². The number of halogens is 1. The van der Waals surface area contributed by atoms with Crippen molar-refractivity contribution >= 4 is 34.9 Å². The van der Waals surface area contributed by atoms with E-state index in [4.69, 9.17) is 11.6 Å². The molecule has 0 aliphatic heterocycles. The third-order valence-electron chi connectivity index (χ3n) is 4.49. The number of urea groups is 1. The van der Waals surface area contributed by atoms with Crippen LogP contribution in [0.5, 0.6) is 0 Å². The summed E-state index contributed by atoms with van der Waals surface area (Å²) in [5.74, 6) is -0.271. The van der Waals surface area contributed by atoms with E-state index >= 15 is 0 Å². The van der Waals surface area contributed by atoms with E-state index in [9.17, 15) is 9.59 Å². The highest BCUT2D eigenvalue weighted by molar-refractivity contribution is 6.34. The number of hydrogen-bond donors (Lipinski definition) is 2. The quantitative estimate of drug-likeness (QED) is 0.620. The van der Waals surface area contributed by atoms with Crippen molar-refractivity contribution in [1.82, 2.24) is 10.2 Å². The van der Waals surface area contributed by atoms with Crippen molar-refractivity contribution in [1.29, 1.82) is 0 Å². The second-order valence-electron chi connectivity index (χ2n) is 7.70. The van der Waals surface area contributed by atoms with E-state index in [0.29, 0.717) is 29.4 Å². The highest BCUT2D eigenvalue weighted by Gasteiger charge is 2.18. The van der Waals surface area contributed by atoms with Crippen LogP contribution in [0.15, 0.2) is 42.5 Å². The molecule has 0 fully saturated rings. The first kappa shape index (κ1) is 23.5. The maximum Gasteiger partial charge on any atom is 0.317 e. The van der Waals surface area contributed by atoms with Crippen LogP contribution in [0, 0.1) is 0 Å². The zero-order chi connectivity index (χ0) is 22.3. The zero-order valence-electron chi connectivity index (χ0n) is 18.3. The highest BCUT2D eigenvalue weighted by atomic mass is 35.5. The number of nitrogens with zero attached hydrogens (tertiary/aromatic N) is 2. The summed E-state index contributed by atoms with van der Waals surface area (Å²) in [6.07, 6.45) is 0.853. The first-order valence-corrected chi connectivity index (χ1v) is 10.5. The lowest BCUT2D eigenvalue weighted by atomic mass is 10.1. The number of nitrogens with one attached hydrogen (secondary N) is 2. The fourth-order valence-corrected chi connectivity index (χ4v) is 3.36. The molecule has 0 saturated heterocycles. The van der Waals surface area contributed by atoms with Crippen molar-refractivity contribution in [2.24, 2.45) is 0 Å². The summed E-state index contributed by atoms with van der Waals surface area (Å²) in [6.45, 7) is 7.01. The summed E-state index contributed by atoms with van der Waals surface area (Å²) in [7, 11) is 3.92. The second-order valence-corrected chi connectivity index (χ2v) is 8.10. The van der Waals surface area contributed by atoms with Gasteiger partial charge >= 0.3 is 6.03 Å². The van der Waals surface area contributed by atoms with Crippen LogP contribution in [-0.4, -0.2) is 43.5 Å². The van der Waals surface area contributed by atoms with Crippen LogP contribution >= 0.6 is 11.6 Å². The summed E-state index contributed by atoms with van der Waals surface area (Å²) in [5, 5.41) is 6.27. The van der Waals surface area contributed by atoms with E-state index in [2.05, 4.69) is 10.6 Å². The normalized spacial score (nSPS) is 10.6. The predicted octanol–water partition coefficient (Wildman–Crippen LogP) is 4.99. The van der Waals surface area contributed by atoms with Gasteiger partial charge in [0.2, 0.25) is 0 Å². The SMILES string of the molecule is CCCN(Cc1cc(NC(=O)c2ccccc2Cl)ccc1N(C)C)C(=O)NC(C)C. The summed E-state index contributed by atoms with van der Waals surface area (Å²) in [5.41, 5.74) is 3.01. The number of hydrogen-bond acceptors (Lipinski definition) is 3. The maximum absolute atomic E-state index is 12.6. The number of benzene rings is 2. The first-order valence-electron chi connectivity index (χ1n) is 10.1. The number of rotatable bonds is 8. The van der Waals surface area contributed by atoms with Gasteiger partial charge in [-0.2, -0.15) is 0 Å². The molecule has 0 atom stereocenters. The summed E-state index contributed by atoms with van der Waals surface area (Å²) in [6, 6.07) is 12.6. The Labute approximate surface area is 184 Å². The third kappa shape index (κ3) is 6.39. The average Bonchev–Trinajstić information content (AvgIpc) is 2.67. The molecular formula is C23H31ClN4O2. The largest absolute Gasteiger partial charge is 0.377 e. The van der Waals surface area contributed by atoms with Crippen LogP contribution in [0.25, 0.3) is 0 Å². The lowest BCUT2D eigenvalue weighted by molar-refractivity contribution is 0.102. The molecule has 0 radical (unpaired) electrons. The van der Waals surface area contributed by atoms with Crippen molar-refractivity contribution in [3.8, 4) is 0 Å². The third-order valence-corrected chi connectivity index (χ3v) is 4.82. The highest BCUT2D eigenvalue weighted by Crippen LogP contribution is 2.26. The van der Waals surface area contributed by atoms with Gasteiger partial charge in [-0.1, -0.05) is 30.7 Å². The molecule has 30 heavy (non-hydrogen) atoms. The topological polar surface area (TPSA) is 64.7 Å². The Bertz CT molecular complexity index is 883. The van der Waals surface area contributed by atoms with Crippen molar-refractivity contribution in [2.45, 2.75) is 39.8 Å². The molecule has 2 rings (SSSR count). The molecule has 162 valence electrons. The second kappa shape index (κ2) is 10.9. The Hall–Kier alpha value is -2.73. The Kier molecular flexibility index (Phi) is 8.54. The van der Waals surface area contributed by atoms with E-state index in [-0.39, 0.29) is 18.0 Å². The number of carbonyl (C=O) groups excluding carboxylic acids is 2. The van der Waals surface area contributed by atoms with Gasteiger partial charge in [-0.25, -0.2) is 4.79 Å². The van der Waals surface area contributed by atoms with Gasteiger partial charge in [-0.15, -0.1) is 0 Å². The van der Waals surface area contributed by atoms with Gasteiger partial charge in [0.1, 0.15) is 0 Å². The van der Waals surface area contributed by atoms with Crippen molar-refractivity contribution in [3.05, 3.63) is 58.6 Å². The van der Waals surface area contributed by atoms with Gasteiger partial charge in [0.25, 0.3) is 5.91 Å². The number of anilines is 2. The lowest BCUT2D eigenvalue weighted by Crippen LogP contribution is -2.43. The molecule has 7 heteroatoms. The van der Waals surface area contributed by atoms with Gasteiger partial charge in [0.05, 0.1) is 10.6 Å². The van der Waals surface area contributed by atoms with Crippen LogP contribution in [-0.2, 0) is 6.54 Å². The molecule has 0 bridgehead atoms. The minimum absolute atomic E-state index is 0.0615. The fourth-order valence-electron chi connectivity index (χ4n) is 3.14. The van der Waals surface area contributed by atoms with Crippen LogP contribution in [0.2, 0.25) is 5.02 Å². The van der Waals surface area contributed by atoms with Gasteiger partial charge in [-0.3, -0.25) is 4.79 Å². The Morgan fingerprint density at radius 3 is 2.40 bits per heavy atom. The molecule has 0 spiro atoms. The van der Waals surface area contributed by atoms with Crippen molar-refractivity contribution < 1.29 is 9.59 Å². The molecule has 0 unspecified atom stereocenters. The van der Waals surface area contributed by atoms with E-state index in [1.807, 2.05) is 58.0 Å². The number of amides is 3. The van der Waals surface area contributed by atoms with Crippen LogP contribution in [0.1, 0.15) is 43.1 Å². The fraction of sp³-hybridized carbons (Fsp3) is 0.391. The predicted molar refractivity (Wildman–Crippen MR) is 125 cm³/mol. The summed E-state index contributed by atoms with van der Waals surface area (Å²) < 4.78 is 0. The van der Waals surface area contributed by atoms with E-state index in [1.165, 1.54) is 0 Å². The molecule has 0 aliphatic rings. The summed E-state index contributed by atoms with van der Waals surface area (Å²) in [4.78, 5) is 29.1. The average molecular weight is 431 g/mol. The van der Waals surface area contributed by atoms with Crippen molar-refractivity contribution in [2.75, 3.05) is 30.9 Å². The van der Waals surface area contributed by atoms with Gasteiger partial charge in [0.15, 0.2) is 0 Å². The summed E-state index contributed by atoms with van der Waals surface area (Å²) >= 11 is 6.14.